The maximum Gasteiger partial charge on any atom is 0.306 e. The Morgan fingerprint density at radius 3 is 0.606 bits per heavy atom. The molecule has 0 radical (unpaired) electrons. The quantitative estimate of drug-likeness (QED) is 0.0343. The van der Waals surface area contributed by atoms with Crippen LogP contribution in [-0.4, -0.2) is 37.2 Å². The van der Waals surface area contributed by atoms with E-state index in [4.69, 9.17) is 14.2 Å². The lowest BCUT2D eigenvalue weighted by atomic mass is 10.0. The van der Waals surface area contributed by atoms with Gasteiger partial charge in [0, 0.05) is 19.3 Å². The normalized spacial score (nSPS) is 12.1. The Kier molecular flexibility index (Phi) is 54.9. The van der Waals surface area contributed by atoms with Gasteiger partial charge in [-0.05, 0) is 37.0 Å². The second-order valence-corrected chi connectivity index (χ2v) is 23.8. The van der Waals surface area contributed by atoms with E-state index < -0.39 is 6.10 Å². The predicted molar refractivity (Wildman–Crippen MR) is 307 cm³/mol. The van der Waals surface area contributed by atoms with Gasteiger partial charge in [-0.1, -0.05) is 324 Å². The van der Waals surface area contributed by atoms with Crippen LogP contribution in [0.5, 0.6) is 0 Å². The van der Waals surface area contributed by atoms with E-state index in [1.54, 1.807) is 0 Å². The average molecular weight is 1000 g/mol. The Balaban J connectivity index is 4.25. The number of hydrogen-bond acceptors (Lipinski definition) is 6. The van der Waals surface area contributed by atoms with Gasteiger partial charge in [-0.2, -0.15) is 0 Å². The van der Waals surface area contributed by atoms with Gasteiger partial charge in [0.1, 0.15) is 13.2 Å². The zero-order chi connectivity index (χ0) is 51.9. The van der Waals surface area contributed by atoms with Crippen molar-refractivity contribution in [2.75, 3.05) is 13.2 Å². The summed E-state index contributed by atoms with van der Waals surface area (Å²) in [6.45, 7) is 13.8. The fourth-order valence-corrected chi connectivity index (χ4v) is 10.1. The molecule has 422 valence electrons. The van der Waals surface area contributed by atoms with Gasteiger partial charge in [0.05, 0.1) is 0 Å². The summed E-state index contributed by atoms with van der Waals surface area (Å²) >= 11 is 0. The molecule has 0 saturated heterocycles. The van der Waals surface area contributed by atoms with Gasteiger partial charge in [-0.3, -0.25) is 14.4 Å². The minimum absolute atomic E-state index is 0.0627. The molecule has 0 aromatic rings. The fraction of sp³-hybridized carbons (Fsp3) is 0.954. The molecular weight excluding hydrogens is 877 g/mol. The van der Waals surface area contributed by atoms with Gasteiger partial charge in [0.2, 0.25) is 0 Å². The molecule has 0 bridgehead atoms. The van der Waals surface area contributed by atoms with Crippen LogP contribution in [-0.2, 0) is 28.6 Å². The summed E-state index contributed by atoms with van der Waals surface area (Å²) in [5.74, 6) is 1.70. The van der Waals surface area contributed by atoms with E-state index in [-0.39, 0.29) is 31.1 Å². The van der Waals surface area contributed by atoms with Gasteiger partial charge < -0.3 is 14.2 Å². The minimum Gasteiger partial charge on any atom is -0.462 e. The van der Waals surface area contributed by atoms with Crippen molar-refractivity contribution in [2.24, 2.45) is 17.8 Å². The first-order valence-electron chi connectivity index (χ1n) is 32.1. The molecule has 0 aliphatic heterocycles. The largest absolute Gasteiger partial charge is 0.462 e. The summed E-state index contributed by atoms with van der Waals surface area (Å²) in [6.07, 6.45) is 61.1. The number of ether oxygens (including phenoxy) is 3. The van der Waals surface area contributed by atoms with Gasteiger partial charge >= 0.3 is 17.9 Å². The Hall–Kier alpha value is -1.59. The smallest absolute Gasteiger partial charge is 0.306 e. The predicted octanol–water partition coefficient (Wildman–Crippen LogP) is 21.5. The molecular formula is C65H126O6. The summed E-state index contributed by atoms with van der Waals surface area (Å²) in [4.78, 5) is 38.3. The molecule has 0 saturated carbocycles. The van der Waals surface area contributed by atoms with Crippen LogP contribution in [0.3, 0.4) is 0 Å². The second kappa shape index (κ2) is 56.1. The monoisotopic (exact) mass is 1000 g/mol. The molecule has 6 nitrogen and oxygen atoms in total. The third-order valence-corrected chi connectivity index (χ3v) is 14.9. The lowest BCUT2D eigenvalue weighted by Gasteiger charge is -2.18. The Morgan fingerprint density at radius 1 is 0.239 bits per heavy atom. The molecule has 1 atom stereocenters. The second-order valence-electron chi connectivity index (χ2n) is 23.8. The van der Waals surface area contributed by atoms with Crippen molar-refractivity contribution in [3.63, 3.8) is 0 Å². The van der Waals surface area contributed by atoms with E-state index in [1.165, 1.54) is 244 Å². The summed E-state index contributed by atoms with van der Waals surface area (Å²) in [5, 5.41) is 0. The van der Waals surface area contributed by atoms with E-state index in [1.807, 2.05) is 0 Å². The highest BCUT2D eigenvalue weighted by Crippen LogP contribution is 2.19. The van der Waals surface area contributed by atoms with Crippen LogP contribution in [0, 0.1) is 17.8 Å². The van der Waals surface area contributed by atoms with Gasteiger partial charge in [0.25, 0.3) is 0 Å². The van der Waals surface area contributed by atoms with Crippen molar-refractivity contribution < 1.29 is 28.6 Å². The molecule has 71 heavy (non-hydrogen) atoms. The fourth-order valence-electron chi connectivity index (χ4n) is 10.1. The van der Waals surface area contributed by atoms with Crippen LogP contribution in [0.2, 0.25) is 0 Å². The molecule has 0 fully saturated rings. The van der Waals surface area contributed by atoms with Crippen LogP contribution >= 0.6 is 0 Å². The minimum atomic E-state index is -0.764. The molecule has 0 aliphatic carbocycles. The summed E-state index contributed by atoms with van der Waals surface area (Å²) in [6, 6.07) is 0. The summed E-state index contributed by atoms with van der Waals surface area (Å²) in [7, 11) is 0. The standard InChI is InChI=1S/C65H126O6/c1-59(2)51-45-39-33-27-21-16-12-9-7-8-10-14-18-24-30-36-42-48-54-63(66)69-57-62(71-65(68)56-50-44-38-32-26-20-23-29-35-41-47-53-61(5)6)58-70-64(67)55-49-43-37-31-25-19-15-11-13-17-22-28-34-40-46-52-60(3)4/h59-62H,7-58H2,1-6H3/t62-/m0/s1. The first-order chi connectivity index (χ1) is 34.6. The molecule has 0 aliphatic rings. The number of unbranched alkanes of at least 4 members (excludes halogenated alkanes) is 41. The van der Waals surface area contributed by atoms with Crippen molar-refractivity contribution in [1.82, 2.24) is 0 Å². The van der Waals surface area contributed by atoms with Crippen molar-refractivity contribution in [3.05, 3.63) is 0 Å². The molecule has 0 unspecified atom stereocenters. The summed E-state index contributed by atoms with van der Waals surface area (Å²) < 4.78 is 17.0. The molecule has 0 aromatic carbocycles. The van der Waals surface area contributed by atoms with Crippen molar-refractivity contribution in [2.45, 2.75) is 369 Å². The Bertz CT molecular complexity index is 1100. The zero-order valence-corrected chi connectivity index (χ0v) is 49.0. The van der Waals surface area contributed by atoms with Crippen LogP contribution in [0.1, 0.15) is 363 Å². The number of carbonyl (C=O) groups excluding carboxylic acids is 3. The number of hydrogen-bond donors (Lipinski definition) is 0. The van der Waals surface area contributed by atoms with Gasteiger partial charge in [0.15, 0.2) is 6.10 Å². The highest BCUT2D eigenvalue weighted by Gasteiger charge is 2.19. The van der Waals surface area contributed by atoms with Gasteiger partial charge in [-0.15, -0.1) is 0 Å². The topological polar surface area (TPSA) is 78.9 Å². The summed E-state index contributed by atoms with van der Waals surface area (Å²) in [5.41, 5.74) is 0. The van der Waals surface area contributed by atoms with Crippen LogP contribution in [0.4, 0.5) is 0 Å². The van der Waals surface area contributed by atoms with E-state index >= 15 is 0 Å². The molecule has 0 aromatic heterocycles. The zero-order valence-electron chi connectivity index (χ0n) is 49.0. The van der Waals surface area contributed by atoms with Crippen molar-refractivity contribution in [1.29, 1.82) is 0 Å². The van der Waals surface area contributed by atoms with E-state index in [9.17, 15) is 14.4 Å². The lowest BCUT2D eigenvalue weighted by Crippen LogP contribution is -2.30. The maximum atomic E-state index is 12.9. The third kappa shape index (κ3) is 59.2. The lowest BCUT2D eigenvalue weighted by molar-refractivity contribution is -0.167. The SMILES string of the molecule is CC(C)CCCCCCCCCCCCCCCCCCCCC(=O)OC[C@@H](COC(=O)CCCCCCCCCCCCCCCCCC(C)C)OC(=O)CCCCCCCCCCCCCC(C)C. The van der Waals surface area contributed by atoms with Crippen LogP contribution in [0.25, 0.3) is 0 Å². The van der Waals surface area contributed by atoms with E-state index in [2.05, 4.69) is 41.5 Å². The highest BCUT2D eigenvalue weighted by molar-refractivity contribution is 5.71. The Labute approximate surface area is 444 Å². The number of carbonyl (C=O) groups is 3. The number of rotatable bonds is 58. The van der Waals surface area contributed by atoms with Crippen molar-refractivity contribution in [3.8, 4) is 0 Å². The highest BCUT2D eigenvalue weighted by atomic mass is 16.6. The van der Waals surface area contributed by atoms with Crippen LogP contribution in [0.15, 0.2) is 0 Å². The molecule has 6 heteroatoms. The van der Waals surface area contributed by atoms with Crippen LogP contribution < -0.4 is 0 Å². The Morgan fingerprint density at radius 2 is 0.408 bits per heavy atom. The maximum absolute atomic E-state index is 12.9. The molecule has 0 amide bonds. The van der Waals surface area contributed by atoms with E-state index in [0.717, 1.165) is 75.5 Å². The number of esters is 3. The van der Waals surface area contributed by atoms with Gasteiger partial charge in [-0.25, -0.2) is 0 Å². The van der Waals surface area contributed by atoms with Crippen molar-refractivity contribution >= 4 is 17.9 Å². The first-order valence-corrected chi connectivity index (χ1v) is 32.1. The first kappa shape index (κ1) is 69.4. The van der Waals surface area contributed by atoms with E-state index in [0.29, 0.717) is 19.3 Å². The molecule has 0 spiro atoms. The molecule has 0 N–H and O–H groups in total. The molecule has 0 rings (SSSR count). The average Bonchev–Trinajstić information content (AvgIpc) is 3.33. The molecule has 0 heterocycles. The third-order valence-electron chi connectivity index (χ3n) is 14.9.